The van der Waals surface area contributed by atoms with Crippen LogP contribution in [-0.4, -0.2) is 47.4 Å². The SMILES string of the molecule is CC(C)(C)CC(NC(=O)N1CCC[C@@H]1CO)C(F)(F)F. The number of hydrogen-bond acceptors (Lipinski definition) is 2. The maximum Gasteiger partial charge on any atom is 0.408 e. The van der Waals surface area contributed by atoms with Crippen LogP contribution < -0.4 is 5.32 Å². The molecule has 0 spiro atoms. The fourth-order valence-corrected chi connectivity index (χ4v) is 2.39. The number of carbonyl (C=O) groups excluding carboxylic acids is 1. The molecular weight excluding hydrogens is 273 g/mol. The van der Waals surface area contributed by atoms with Gasteiger partial charge in [0.2, 0.25) is 0 Å². The van der Waals surface area contributed by atoms with Gasteiger partial charge in [0, 0.05) is 6.54 Å². The molecule has 1 saturated heterocycles. The molecule has 2 amide bonds. The highest BCUT2D eigenvalue weighted by atomic mass is 19.4. The predicted molar refractivity (Wildman–Crippen MR) is 69.3 cm³/mol. The summed E-state index contributed by atoms with van der Waals surface area (Å²) in [6.45, 7) is 5.26. The lowest BCUT2D eigenvalue weighted by Crippen LogP contribution is -2.53. The average molecular weight is 296 g/mol. The first-order valence-corrected chi connectivity index (χ1v) is 6.79. The number of aliphatic hydroxyl groups is 1. The molecule has 0 aromatic carbocycles. The van der Waals surface area contributed by atoms with Gasteiger partial charge in [0.25, 0.3) is 0 Å². The maximum absolute atomic E-state index is 13.0. The Labute approximate surface area is 117 Å². The van der Waals surface area contributed by atoms with Crippen LogP contribution in [0, 0.1) is 5.41 Å². The summed E-state index contributed by atoms with van der Waals surface area (Å²) in [6.07, 6.45) is -3.33. The van der Waals surface area contributed by atoms with Gasteiger partial charge in [-0.05, 0) is 24.7 Å². The van der Waals surface area contributed by atoms with Crippen LogP contribution in [0.5, 0.6) is 0 Å². The first kappa shape index (κ1) is 17.1. The molecule has 2 atom stereocenters. The van der Waals surface area contributed by atoms with E-state index in [2.05, 4.69) is 5.32 Å². The first-order chi connectivity index (χ1) is 9.04. The van der Waals surface area contributed by atoms with Crippen molar-refractivity contribution in [3.05, 3.63) is 0 Å². The minimum absolute atomic E-state index is 0.181. The number of halogens is 3. The number of aliphatic hydroxyl groups excluding tert-OH is 1. The van der Waals surface area contributed by atoms with Gasteiger partial charge in [-0.1, -0.05) is 20.8 Å². The molecule has 0 aromatic heterocycles. The van der Waals surface area contributed by atoms with Gasteiger partial charge in [-0.3, -0.25) is 0 Å². The molecule has 1 aliphatic heterocycles. The molecule has 4 nitrogen and oxygen atoms in total. The van der Waals surface area contributed by atoms with Gasteiger partial charge in [0.1, 0.15) is 6.04 Å². The van der Waals surface area contributed by atoms with Crippen LogP contribution >= 0.6 is 0 Å². The molecule has 0 bridgehead atoms. The van der Waals surface area contributed by atoms with E-state index in [4.69, 9.17) is 5.11 Å². The Kier molecular flexibility index (Phi) is 5.29. The molecule has 0 saturated carbocycles. The highest BCUT2D eigenvalue weighted by Crippen LogP contribution is 2.31. The highest BCUT2D eigenvalue weighted by Gasteiger charge is 2.43. The summed E-state index contributed by atoms with van der Waals surface area (Å²) in [5.74, 6) is 0. The quantitative estimate of drug-likeness (QED) is 0.841. The zero-order chi connectivity index (χ0) is 15.6. The Bertz CT molecular complexity index is 339. The van der Waals surface area contributed by atoms with E-state index in [-0.39, 0.29) is 19.1 Å². The van der Waals surface area contributed by atoms with Crippen molar-refractivity contribution in [2.24, 2.45) is 5.41 Å². The molecule has 1 fully saturated rings. The lowest BCUT2D eigenvalue weighted by molar-refractivity contribution is -0.159. The third-order valence-electron chi connectivity index (χ3n) is 3.36. The molecule has 1 unspecified atom stereocenters. The summed E-state index contributed by atoms with van der Waals surface area (Å²) >= 11 is 0. The minimum atomic E-state index is -4.47. The topological polar surface area (TPSA) is 52.6 Å². The largest absolute Gasteiger partial charge is 0.408 e. The van der Waals surface area contributed by atoms with Gasteiger partial charge in [-0.2, -0.15) is 13.2 Å². The molecule has 118 valence electrons. The monoisotopic (exact) mass is 296 g/mol. The van der Waals surface area contributed by atoms with E-state index in [9.17, 15) is 18.0 Å². The highest BCUT2D eigenvalue weighted by molar-refractivity contribution is 5.75. The summed E-state index contributed by atoms with van der Waals surface area (Å²) in [6, 6.07) is -2.98. The average Bonchev–Trinajstić information content (AvgIpc) is 2.72. The van der Waals surface area contributed by atoms with E-state index in [1.807, 2.05) is 0 Å². The van der Waals surface area contributed by atoms with Gasteiger partial charge in [-0.25, -0.2) is 4.79 Å². The molecule has 0 radical (unpaired) electrons. The smallest absolute Gasteiger partial charge is 0.394 e. The van der Waals surface area contributed by atoms with E-state index < -0.39 is 23.7 Å². The van der Waals surface area contributed by atoms with Crippen molar-refractivity contribution in [1.82, 2.24) is 10.2 Å². The van der Waals surface area contributed by atoms with E-state index >= 15 is 0 Å². The number of nitrogens with zero attached hydrogens (tertiary/aromatic N) is 1. The number of amides is 2. The summed E-state index contributed by atoms with van der Waals surface area (Å²) < 4.78 is 39.0. The fourth-order valence-electron chi connectivity index (χ4n) is 2.39. The lowest BCUT2D eigenvalue weighted by Gasteiger charge is -2.31. The number of carbonyl (C=O) groups is 1. The zero-order valence-electron chi connectivity index (χ0n) is 12.1. The van der Waals surface area contributed by atoms with Crippen molar-refractivity contribution < 1.29 is 23.1 Å². The van der Waals surface area contributed by atoms with Crippen LogP contribution in [0.4, 0.5) is 18.0 Å². The van der Waals surface area contributed by atoms with E-state index in [1.54, 1.807) is 20.8 Å². The van der Waals surface area contributed by atoms with E-state index in [0.29, 0.717) is 19.4 Å². The molecule has 0 aliphatic carbocycles. The molecule has 20 heavy (non-hydrogen) atoms. The third-order valence-corrected chi connectivity index (χ3v) is 3.36. The van der Waals surface area contributed by atoms with Crippen LogP contribution in [0.25, 0.3) is 0 Å². The maximum atomic E-state index is 13.0. The standard InChI is InChI=1S/C13H23F3N2O2/c1-12(2,3)7-10(13(14,15)16)17-11(20)18-6-4-5-9(18)8-19/h9-10,19H,4-8H2,1-3H3,(H,17,20)/t9-,10?/m1/s1. The summed E-state index contributed by atoms with van der Waals surface area (Å²) in [5.41, 5.74) is -0.547. The number of nitrogens with one attached hydrogen (secondary N) is 1. The summed E-state index contributed by atoms with van der Waals surface area (Å²) in [7, 11) is 0. The normalized spacial score (nSPS) is 21.9. The Balaban J connectivity index is 2.72. The predicted octanol–water partition coefficient (Wildman–Crippen LogP) is 2.52. The number of rotatable bonds is 3. The van der Waals surface area contributed by atoms with Gasteiger partial charge < -0.3 is 15.3 Å². The van der Waals surface area contributed by atoms with E-state index in [1.165, 1.54) is 4.90 Å². The number of likely N-dealkylation sites (tertiary alicyclic amines) is 1. The van der Waals surface area contributed by atoms with Crippen LogP contribution in [0.3, 0.4) is 0 Å². The van der Waals surface area contributed by atoms with Crippen LogP contribution in [-0.2, 0) is 0 Å². The molecule has 2 N–H and O–H groups in total. The first-order valence-electron chi connectivity index (χ1n) is 6.79. The van der Waals surface area contributed by atoms with Gasteiger partial charge in [0.05, 0.1) is 12.6 Å². The van der Waals surface area contributed by atoms with Gasteiger partial charge >= 0.3 is 12.2 Å². The van der Waals surface area contributed by atoms with Crippen LogP contribution in [0.1, 0.15) is 40.0 Å². The van der Waals surface area contributed by atoms with Gasteiger partial charge in [-0.15, -0.1) is 0 Å². The van der Waals surface area contributed by atoms with E-state index in [0.717, 1.165) is 0 Å². The van der Waals surface area contributed by atoms with Crippen LogP contribution in [0.15, 0.2) is 0 Å². The number of hydrogen-bond donors (Lipinski definition) is 2. The second-order valence-corrected chi connectivity index (χ2v) is 6.48. The minimum Gasteiger partial charge on any atom is -0.394 e. The second kappa shape index (κ2) is 6.20. The summed E-state index contributed by atoms with van der Waals surface area (Å²) in [5, 5.41) is 11.2. The molecule has 1 rings (SSSR count). The van der Waals surface area contributed by atoms with Crippen molar-refractivity contribution >= 4 is 6.03 Å². The Morgan fingerprint density at radius 1 is 1.40 bits per heavy atom. The Morgan fingerprint density at radius 3 is 2.45 bits per heavy atom. The lowest BCUT2D eigenvalue weighted by atomic mass is 9.88. The zero-order valence-corrected chi connectivity index (χ0v) is 12.1. The van der Waals surface area contributed by atoms with Crippen molar-refractivity contribution in [2.75, 3.05) is 13.2 Å². The fraction of sp³-hybridized carbons (Fsp3) is 0.923. The summed E-state index contributed by atoms with van der Waals surface area (Å²) in [4.78, 5) is 13.3. The number of urea groups is 1. The van der Waals surface area contributed by atoms with Crippen molar-refractivity contribution in [3.63, 3.8) is 0 Å². The Hall–Kier alpha value is -0.980. The third kappa shape index (κ3) is 4.85. The molecular formula is C13H23F3N2O2. The molecule has 1 heterocycles. The van der Waals surface area contributed by atoms with Crippen molar-refractivity contribution in [1.29, 1.82) is 0 Å². The molecule has 0 aromatic rings. The number of alkyl halides is 3. The van der Waals surface area contributed by atoms with Gasteiger partial charge in [0.15, 0.2) is 0 Å². The van der Waals surface area contributed by atoms with Crippen molar-refractivity contribution in [2.45, 2.75) is 58.3 Å². The molecule has 7 heteroatoms. The Morgan fingerprint density at radius 2 is 2.00 bits per heavy atom. The second-order valence-electron chi connectivity index (χ2n) is 6.48. The van der Waals surface area contributed by atoms with Crippen molar-refractivity contribution in [3.8, 4) is 0 Å². The molecule has 1 aliphatic rings. The van der Waals surface area contributed by atoms with Crippen LogP contribution in [0.2, 0.25) is 0 Å².